The lowest BCUT2D eigenvalue weighted by molar-refractivity contribution is -0.163. The molecular weight excluding hydrogens is 335 g/mol. The van der Waals surface area contributed by atoms with Gasteiger partial charge in [0.1, 0.15) is 12.4 Å². The molecule has 5 nitrogen and oxygen atoms in total. The Hall–Kier alpha value is -2.73. The van der Waals surface area contributed by atoms with Gasteiger partial charge in [-0.3, -0.25) is 9.59 Å². The fourth-order valence-electron chi connectivity index (χ4n) is 3.40. The minimum atomic E-state index is -0.848. The Bertz CT molecular complexity index is 823. The lowest BCUT2D eigenvalue weighted by Crippen LogP contribution is -2.53. The number of nitrogens with zero attached hydrogens (tertiary/aromatic N) is 1. The standard InChI is InChI=1S/C20H19FN2O3/c21-14-7-4-8-15(11-14)22-20(25)19-18(13-5-2-1-3-6-13)23(16-9-10-16)17(24)12-26-19/h1-8,11,16,18-19H,9-10,12H2,(H,22,25)/t18-,19+/m0/s1. The molecule has 4 rings (SSSR count). The van der Waals surface area contributed by atoms with Crippen LogP contribution < -0.4 is 5.32 Å². The van der Waals surface area contributed by atoms with E-state index in [1.807, 2.05) is 30.3 Å². The number of halogens is 1. The Morgan fingerprint density at radius 2 is 1.88 bits per heavy atom. The smallest absolute Gasteiger partial charge is 0.256 e. The van der Waals surface area contributed by atoms with E-state index in [0.29, 0.717) is 5.69 Å². The molecule has 2 aromatic rings. The van der Waals surface area contributed by atoms with Gasteiger partial charge in [-0.25, -0.2) is 4.39 Å². The molecule has 1 saturated carbocycles. The van der Waals surface area contributed by atoms with Gasteiger partial charge in [0.05, 0.1) is 6.04 Å². The first-order valence-electron chi connectivity index (χ1n) is 8.67. The summed E-state index contributed by atoms with van der Waals surface area (Å²) < 4.78 is 19.0. The van der Waals surface area contributed by atoms with Crippen LogP contribution in [0, 0.1) is 5.82 Å². The summed E-state index contributed by atoms with van der Waals surface area (Å²) in [5, 5.41) is 2.71. The maximum atomic E-state index is 13.4. The van der Waals surface area contributed by atoms with Crippen molar-refractivity contribution in [2.24, 2.45) is 0 Å². The number of amides is 2. The van der Waals surface area contributed by atoms with Gasteiger partial charge in [-0.15, -0.1) is 0 Å². The Balaban J connectivity index is 1.64. The molecule has 0 aromatic heterocycles. The van der Waals surface area contributed by atoms with E-state index in [2.05, 4.69) is 5.32 Å². The number of hydrogen-bond acceptors (Lipinski definition) is 3. The van der Waals surface area contributed by atoms with Crippen LogP contribution in [0.5, 0.6) is 0 Å². The maximum Gasteiger partial charge on any atom is 0.256 e. The number of anilines is 1. The van der Waals surface area contributed by atoms with E-state index in [9.17, 15) is 14.0 Å². The Labute approximate surface area is 150 Å². The number of morpholine rings is 1. The van der Waals surface area contributed by atoms with Crippen LogP contribution in [0.1, 0.15) is 24.4 Å². The predicted molar refractivity (Wildman–Crippen MR) is 93.8 cm³/mol. The Morgan fingerprint density at radius 1 is 1.12 bits per heavy atom. The predicted octanol–water partition coefficient (Wildman–Crippen LogP) is 2.90. The number of rotatable bonds is 4. The van der Waals surface area contributed by atoms with Gasteiger partial charge in [0.15, 0.2) is 6.10 Å². The van der Waals surface area contributed by atoms with E-state index >= 15 is 0 Å². The Kier molecular flexibility index (Phi) is 4.42. The van der Waals surface area contributed by atoms with Gasteiger partial charge in [0.2, 0.25) is 5.91 Å². The highest BCUT2D eigenvalue weighted by atomic mass is 19.1. The van der Waals surface area contributed by atoms with Crippen molar-refractivity contribution in [3.05, 3.63) is 66.0 Å². The van der Waals surface area contributed by atoms with Crippen LogP contribution in [0.25, 0.3) is 0 Å². The van der Waals surface area contributed by atoms with Crippen molar-refractivity contribution >= 4 is 17.5 Å². The van der Waals surface area contributed by atoms with Crippen molar-refractivity contribution in [2.75, 3.05) is 11.9 Å². The molecule has 0 bridgehead atoms. The van der Waals surface area contributed by atoms with Gasteiger partial charge in [-0.1, -0.05) is 36.4 Å². The molecule has 0 spiro atoms. The van der Waals surface area contributed by atoms with Crippen molar-refractivity contribution < 1.29 is 18.7 Å². The van der Waals surface area contributed by atoms with Crippen molar-refractivity contribution in [3.8, 4) is 0 Å². The molecule has 2 aromatic carbocycles. The monoisotopic (exact) mass is 354 g/mol. The molecule has 134 valence electrons. The third-order valence-corrected chi connectivity index (χ3v) is 4.69. The summed E-state index contributed by atoms with van der Waals surface area (Å²) in [5.74, 6) is -0.916. The molecule has 1 saturated heterocycles. The van der Waals surface area contributed by atoms with Gasteiger partial charge in [0.25, 0.3) is 5.91 Å². The van der Waals surface area contributed by atoms with Gasteiger partial charge in [0, 0.05) is 11.7 Å². The van der Waals surface area contributed by atoms with Crippen LogP contribution >= 0.6 is 0 Å². The van der Waals surface area contributed by atoms with Gasteiger partial charge in [-0.05, 0) is 36.6 Å². The minimum absolute atomic E-state index is 0.101. The number of ether oxygens (including phenoxy) is 1. The van der Waals surface area contributed by atoms with E-state index in [4.69, 9.17) is 4.74 Å². The van der Waals surface area contributed by atoms with Gasteiger partial charge in [-0.2, -0.15) is 0 Å². The second-order valence-electron chi connectivity index (χ2n) is 6.62. The van der Waals surface area contributed by atoms with E-state index in [-0.39, 0.29) is 24.5 Å². The zero-order valence-corrected chi connectivity index (χ0v) is 14.1. The summed E-state index contributed by atoms with van der Waals surface area (Å²) in [4.78, 5) is 27.1. The van der Waals surface area contributed by atoms with E-state index < -0.39 is 18.0 Å². The second-order valence-corrected chi connectivity index (χ2v) is 6.62. The molecular formula is C20H19FN2O3. The summed E-state index contributed by atoms with van der Waals surface area (Å²) >= 11 is 0. The number of carbonyl (C=O) groups is 2. The zero-order valence-electron chi connectivity index (χ0n) is 14.1. The highest BCUT2D eigenvalue weighted by Gasteiger charge is 2.47. The SMILES string of the molecule is O=C(Nc1cccc(F)c1)[C@@H]1OCC(=O)N(C2CC2)[C@H]1c1ccccc1. The zero-order chi connectivity index (χ0) is 18.1. The molecule has 2 atom stereocenters. The molecule has 0 unspecified atom stereocenters. The van der Waals surface area contributed by atoms with Crippen LogP contribution in [-0.4, -0.2) is 35.5 Å². The van der Waals surface area contributed by atoms with Crippen LogP contribution in [0.15, 0.2) is 54.6 Å². The molecule has 2 fully saturated rings. The summed E-state index contributed by atoms with van der Waals surface area (Å²) in [7, 11) is 0. The molecule has 1 N–H and O–H groups in total. The molecule has 1 heterocycles. The summed E-state index contributed by atoms with van der Waals surface area (Å²) in [6, 6.07) is 14.8. The molecule has 6 heteroatoms. The first-order valence-corrected chi connectivity index (χ1v) is 8.67. The Morgan fingerprint density at radius 3 is 2.58 bits per heavy atom. The molecule has 2 amide bonds. The quantitative estimate of drug-likeness (QED) is 0.918. The van der Waals surface area contributed by atoms with Gasteiger partial charge >= 0.3 is 0 Å². The number of hydrogen-bond donors (Lipinski definition) is 1. The summed E-state index contributed by atoms with van der Waals surface area (Å²) in [6.07, 6.45) is 1.03. The third kappa shape index (κ3) is 3.32. The summed E-state index contributed by atoms with van der Waals surface area (Å²) in [6.45, 7) is -0.124. The van der Waals surface area contributed by atoms with Crippen LogP contribution in [-0.2, 0) is 14.3 Å². The van der Waals surface area contributed by atoms with E-state index in [1.54, 1.807) is 11.0 Å². The van der Waals surface area contributed by atoms with Crippen LogP contribution in [0.4, 0.5) is 10.1 Å². The maximum absolute atomic E-state index is 13.4. The number of carbonyl (C=O) groups excluding carboxylic acids is 2. The van der Waals surface area contributed by atoms with Crippen LogP contribution in [0.3, 0.4) is 0 Å². The topological polar surface area (TPSA) is 58.6 Å². The number of benzene rings is 2. The molecule has 1 aliphatic carbocycles. The van der Waals surface area contributed by atoms with E-state index in [1.165, 1.54) is 18.2 Å². The second kappa shape index (κ2) is 6.88. The highest BCUT2D eigenvalue weighted by Crippen LogP contribution is 2.39. The van der Waals surface area contributed by atoms with E-state index in [0.717, 1.165) is 18.4 Å². The minimum Gasteiger partial charge on any atom is -0.356 e. The molecule has 2 aliphatic rings. The van der Waals surface area contributed by atoms with Crippen molar-refractivity contribution in [1.82, 2.24) is 4.90 Å². The summed E-state index contributed by atoms with van der Waals surface area (Å²) in [5.41, 5.74) is 1.21. The first-order chi connectivity index (χ1) is 12.6. The lowest BCUT2D eigenvalue weighted by atomic mass is 9.96. The average Bonchev–Trinajstić information content (AvgIpc) is 3.47. The molecule has 1 aliphatic heterocycles. The lowest BCUT2D eigenvalue weighted by Gasteiger charge is -2.40. The third-order valence-electron chi connectivity index (χ3n) is 4.69. The fraction of sp³-hybridized carbons (Fsp3) is 0.300. The average molecular weight is 354 g/mol. The van der Waals surface area contributed by atoms with Gasteiger partial charge < -0.3 is 15.0 Å². The largest absolute Gasteiger partial charge is 0.356 e. The normalized spacial score (nSPS) is 23.0. The highest BCUT2D eigenvalue weighted by molar-refractivity contribution is 5.96. The number of nitrogens with one attached hydrogen (secondary N) is 1. The van der Waals surface area contributed by atoms with Crippen LogP contribution in [0.2, 0.25) is 0 Å². The fourth-order valence-corrected chi connectivity index (χ4v) is 3.40. The molecule has 26 heavy (non-hydrogen) atoms. The van der Waals surface area contributed by atoms with Crippen molar-refractivity contribution in [3.63, 3.8) is 0 Å². The molecule has 0 radical (unpaired) electrons. The van der Waals surface area contributed by atoms with Crippen molar-refractivity contribution in [1.29, 1.82) is 0 Å². The first kappa shape index (κ1) is 16.7. The van der Waals surface area contributed by atoms with Crippen molar-refractivity contribution in [2.45, 2.75) is 31.0 Å².